The van der Waals surface area contributed by atoms with Crippen LogP contribution in [-0.4, -0.2) is 23.3 Å². The van der Waals surface area contributed by atoms with Gasteiger partial charge in [-0.15, -0.1) is 0 Å². The molecule has 1 saturated heterocycles. The first-order chi connectivity index (χ1) is 11.2. The van der Waals surface area contributed by atoms with Crippen molar-refractivity contribution in [1.82, 2.24) is 4.90 Å². The predicted octanol–water partition coefficient (Wildman–Crippen LogP) is 3.05. The molecular formula is C20H17NO2. The highest BCUT2D eigenvalue weighted by atomic mass is 16.2. The molecule has 4 rings (SSSR count). The van der Waals surface area contributed by atoms with Crippen molar-refractivity contribution in [2.75, 3.05) is 6.54 Å². The molecule has 0 aromatic heterocycles. The summed E-state index contributed by atoms with van der Waals surface area (Å²) < 4.78 is 0. The minimum atomic E-state index is -0.173. The van der Waals surface area contributed by atoms with Crippen LogP contribution in [0.5, 0.6) is 0 Å². The van der Waals surface area contributed by atoms with Crippen LogP contribution in [0.2, 0.25) is 0 Å². The lowest BCUT2D eigenvalue weighted by Gasteiger charge is -2.24. The minimum Gasteiger partial charge on any atom is -0.278 e. The van der Waals surface area contributed by atoms with Gasteiger partial charge < -0.3 is 0 Å². The second kappa shape index (κ2) is 5.20. The van der Waals surface area contributed by atoms with E-state index in [1.165, 1.54) is 17.4 Å². The highest BCUT2D eigenvalue weighted by molar-refractivity contribution is 6.13. The van der Waals surface area contributed by atoms with E-state index in [0.29, 0.717) is 6.54 Å². The Morgan fingerprint density at radius 1 is 1.04 bits per heavy atom. The normalized spacial score (nSPS) is 19.6. The maximum atomic E-state index is 12.8. The van der Waals surface area contributed by atoms with Crippen molar-refractivity contribution in [3.05, 3.63) is 76.9 Å². The van der Waals surface area contributed by atoms with Gasteiger partial charge in [-0.2, -0.15) is 0 Å². The number of rotatable bonds is 1. The highest BCUT2D eigenvalue weighted by Gasteiger charge is 2.42. The van der Waals surface area contributed by atoms with Gasteiger partial charge in [-0.05, 0) is 28.7 Å². The van der Waals surface area contributed by atoms with Gasteiger partial charge in [-0.25, -0.2) is 0 Å². The highest BCUT2D eigenvalue weighted by Crippen LogP contribution is 2.42. The summed E-state index contributed by atoms with van der Waals surface area (Å²) in [6.45, 7) is 1.96. The Hall–Kier alpha value is -2.68. The van der Waals surface area contributed by atoms with Crippen LogP contribution < -0.4 is 0 Å². The van der Waals surface area contributed by atoms with Crippen LogP contribution in [0.3, 0.4) is 0 Å². The summed E-state index contributed by atoms with van der Waals surface area (Å²) in [4.78, 5) is 26.0. The van der Waals surface area contributed by atoms with Gasteiger partial charge in [0.15, 0.2) is 0 Å². The number of nitrogens with zero attached hydrogens (tertiary/aromatic N) is 1. The Morgan fingerprint density at radius 3 is 2.48 bits per heavy atom. The van der Waals surface area contributed by atoms with Gasteiger partial charge in [0.25, 0.3) is 5.91 Å². The number of carbonyl (C=O) groups excluding carboxylic acids is 2. The monoisotopic (exact) mass is 303 g/mol. The molecule has 1 aliphatic heterocycles. The van der Waals surface area contributed by atoms with Crippen molar-refractivity contribution in [1.29, 1.82) is 0 Å². The molecular weight excluding hydrogens is 286 g/mol. The smallest absolute Gasteiger partial charge is 0.257 e. The molecule has 0 saturated carbocycles. The van der Waals surface area contributed by atoms with Crippen LogP contribution in [0.25, 0.3) is 5.57 Å². The maximum absolute atomic E-state index is 12.8. The summed E-state index contributed by atoms with van der Waals surface area (Å²) in [6.07, 6.45) is 0.817. The van der Waals surface area contributed by atoms with Crippen molar-refractivity contribution >= 4 is 17.4 Å². The molecule has 0 spiro atoms. The molecule has 23 heavy (non-hydrogen) atoms. The lowest BCUT2D eigenvalue weighted by atomic mass is 9.77. The van der Waals surface area contributed by atoms with E-state index in [4.69, 9.17) is 0 Å². The van der Waals surface area contributed by atoms with Crippen molar-refractivity contribution in [3.63, 3.8) is 0 Å². The molecule has 2 amide bonds. The fourth-order valence-corrected chi connectivity index (χ4v) is 3.73. The van der Waals surface area contributed by atoms with E-state index in [-0.39, 0.29) is 17.7 Å². The number of fused-ring (bicyclic) bond motifs is 2. The summed E-state index contributed by atoms with van der Waals surface area (Å²) in [7, 11) is 0. The Balaban J connectivity index is 1.98. The first-order valence-corrected chi connectivity index (χ1v) is 7.87. The minimum absolute atomic E-state index is 0.0940. The third-order valence-corrected chi connectivity index (χ3v) is 4.75. The second-order valence-electron chi connectivity index (χ2n) is 6.15. The van der Waals surface area contributed by atoms with Gasteiger partial charge in [0.05, 0.1) is 0 Å². The topological polar surface area (TPSA) is 37.4 Å². The molecule has 0 radical (unpaired) electrons. The zero-order valence-corrected chi connectivity index (χ0v) is 13.0. The Bertz CT molecular complexity index is 836. The molecule has 3 heteroatoms. The fraction of sp³-hybridized carbons (Fsp3) is 0.200. The molecule has 1 aliphatic carbocycles. The van der Waals surface area contributed by atoms with Gasteiger partial charge in [-0.1, -0.05) is 54.6 Å². The molecule has 1 atom stereocenters. The lowest BCUT2D eigenvalue weighted by Crippen LogP contribution is -2.30. The van der Waals surface area contributed by atoms with E-state index in [2.05, 4.69) is 12.1 Å². The molecule has 0 N–H and O–H groups in total. The van der Waals surface area contributed by atoms with Crippen LogP contribution >= 0.6 is 0 Å². The molecule has 2 aromatic rings. The van der Waals surface area contributed by atoms with Crippen LogP contribution in [-0.2, 0) is 16.0 Å². The molecule has 0 bridgehead atoms. The number of likely N-dealkylation sites (tertiary alicyclic amines) is 1. The number of imide groups is 1. The first-order valence-electron chi connectivity index (χ1n) is 7.87. The third kappa shape index (κ3) is 2.12. The van der Waals surface area contributed by atoms with E-state index < -0.39 is 0 Å². The van der Waals surface area contributed by atoms with Gasteiger partial charge in [-0.3, -0.25) is 14.5 Å². The molecule has 2 aliphatic rings. The van der Waals surface area contributed by atoms with E-state index in [1.54, 1.807) is 0 Å². The Morgan fingerprint density at radius 2 is 1.74 bits per heavy atom. The molecule has 1 heterocycles. The number of hydrogen-bond acceptors (Lipinski definition) is 2. The zero-order chi connectivity index (χ0) is 16.0. The first kappa shape index (κ1) is 13.9. The fourth-order valence-electron chi connectivity index (χ4n) is 3.73. The standard InChI is InChI=1S/C20H17NO2/c1-13(22)21-12-16-11-15-9-5-6-10-17(15)18(19(16)20(21)23)14-7-3-2-4-8-14/h2-10,16H,11-12H2,1H3/t16-/m0/s1. The average Bonchev–Trinajstić information content (AvgIpc) is 2.90. The molecule has 0 unspecified atom stereocenters. The zero-order valence-electron chi connectivity index (χ0n) is 13.0. The quantitative estimate of drug-likeness (QED) is 0.812. The van der Waals surface area contributed by atoms with E-state index in [9.17, 15) is 9.59 Å². The van der Waals surface area contributed by atoms with Gasteiger partial charge in [0.1, 0.15) is 0 Å². The summed E-state index contributed by atoms with van der Waals surface area (Å²) in [6, 6.07) is 18.2. The van der Waals surface area contributed by atoms with E-state index in [1.807, 2.05) is 42.5 Å². The van der Waals surface area contributed by atoms with Crippen molar-refractivity contribution in [3.8, 4) is 0 Å². The summed E-state index contributed by atoms with van der Waals surface area (Å²) in [5.41, 5.74) is 5.19. The van der Waals surface area contributed by atoms with Gasteiger partial charge in [0, 0.05) is 25.0 Å². The number of amides is 2. The van der Waals surface area contributed by atoms with Crippen LogP contribution in [0.15, 0.2) is 60.2 Å². The van der Waals surface area contributed by atoms with Gasteiger partial charge >= 0.3 is 0 Å². The third-order valence-electron chi connectivity index (χ3n) is 4.75. The number of benzene rings is 2. The maximum Gasteiger partial charge on any atom is 0.257 e. The molecule has 3 nitrogen and oxygen atoms in total. The van der Waals surface area contributed by atoms with Gasteiger partial charge in [0.2, 0.25) is 5.91 Å². The molecule has 114 valence electrons. The van der Waals surface area contributed by atoms with E-state index >= 15 is 0 Å². The Labute approximate surface area is 135 Å². The van der Waals surface area contributed by atoms with Crippen molar-refractivity contribution < 1.29 is 9.59 Å². The van der Waals surface area contributed by atoms with Crippen LogP contribution in [0.4, 0.5) is 0 Å². The van der Waals surface area contributed by atoms with E-state index in [0.717, 1.165) is 28.7 Å². The van der Waals surface area contributed by atoms with Crippen LogP contribution in [0, 0.1) is 5.92 Å². The number of hydrogen-bond donors (Lipinski definition) is 0. The number of carbonyl (C=O) groups is 2. The largest absolute Gasteiger partial charge is 0.278 e. The summed E-state index contributed by atoms with van der Waals surface area (Å²) >= 11 is 0. The predicted molar refractivity (Wildman–Crippen MR) is 88.5 cm³/mol. The van der Waals surface area contributed by atoms with Crippen LogP contribution in [0.1, 0.15) is 23.6 Å². The second-order valence-corrected chi connectivity index (χ2v) is 6.15. The Kier molecular flexibility index (Phi) is 3.15. The average molecular weight is 303 g/mol. The molecule has 1 fully saturated rings. The molecule has 2 aromatic carbocycles. The van der Waals surface area contributed by atoms with Crippen molar-refractivity contribution in [2.45, 2.75) is 13.3 Å². The van der Waals surface area contributed by atoms with Crippen molar-refractivity contribution in [2.24, 2.45) is 5.92 Å². The summed E-state index contributed by atoms with van der Waals surface area (Å²) in [5, 5.41) is 0. The SMILES string of the molecule is CC(=O)N1C[C@@H]2Cc3ccccc3C(c3ccccc3)=C2C1=O. The summed E-state index contributed by atoms with van der Waals surface area (Å²) in [5.74, 6) is -0.208. The lowest BCUT2D eigenvalue weighted by molar-refractivity contribution is -0.138.